The summed E-state index contributed by atoms with van der Waals surface area (Å²) in [5, 5.41) is 0.583. The van der Waals surface area contributed by atoms with Gasteiger partial charge in [-0.3, -0.25) is 4.79 Å². The molecule has 0 saturated carbocycles. The monoisotopic (exact) mass is 399 g/mol. The van der Waals surface area contributed by atoms with Crippen LogP contribution >= 0.6 is 11.6 Å². The Hall–Kier alpha value is -2.20. The second kappa shape index (κ2) is 9.33. The molecule has 1 amide bonds. The highest BCUT2D eigenvalue weighted by Crippen LogP contribution is 2.30. The highest BCUT2D eigenvalue weighted by Gasteiger charge is 2.30. The lowest BCUT2D eigenvalue weighted by molar-refractivity contribution is -0.130. The van der Waals surface area contributed by atoms with Gasteiger partial charge in [0.15, 0.2) is 0 Å². The van der Waals surface area contributed by atoms with E-state index in [1.807, 2.05) is 41.3 Å². The number of amides is 1. The summed E-state index contributed by atoms with van der Waals surface area (Å²) < 4.78 is 0. The van der Waals surface area contributed by atoms with E-state index in [0.29, 0.717) is 29.1 Å². The van der Waals surface area contributed by atoms with Crippen molar-refractivity contribution in [2.45, 2.75) is 39.2 Å². The maximum absolute atomic E-state index is 12.7. The fraction of sp³-hybridized carbons (Fsp3) is 0.435. The Balaban J connectivity index is 1.64. The molecule has 2 N–H and O–H groups in total. The van der Waals surface area contributed by atoms with Gasteiger partial charge in [0.1, 0.15) is 0 Å². The lowest BCUT2D eigenvalue weighted by Gasteiger charge is -2.33. The Labute approximate surface area is 173 Å². The maximum atomic E-state index is 12.7. The minimum absolute atomic E-state index is 0.242. The lowest BCUT2D eigenvalue weighted by Crippen LogP contribution is -2.41. The first-order chi connectivity index (χ1) is 13.4. The lowest BCUT2D eigenvalue weighted by atomic mass is 10.1. The first-order valence-corrected chi connectivity index (χ1v) is 10.4. The van der Waals surface area contributed by atoms with Gasteiger partial charge in [-0.05, 0) is 42.5 Å². The fourth-order valence-electron chi connectivity index (χ4n) is 3.83. The number of aryl methyl sites for hydroxylation is 1. The van der Waals surface area contributed by atoms with E-state index < -0.39 is 0 Å². The van der Waals surface area contributed by atoms with Crippen LogP contribution in [-0.2, 0) is 11.2 Å². The Kier molecular flexibility index (Phi) is 6.84. The molecule has 0 bridgehead atoms. The second-order valence-electron chi connectivity index (χ2n) is 8.02. The van der Waals surface area contributed by atoms with Crippen LogP contribution in [0.5, 0.6) is 0 Å². The normalized spacial score (nSPS) is 16.6. The van der Waals surface area contributed by atoms with E-state index in [4.69, 9.17) is 17.3 Å². The van der Waals surface area contributed by atoms with E-state index in [-0.39, 0.29) is 5.91 Å². The van der Waals surface area contributed by atoms with Crippen molar-refractivity contribution < 1.29 is 4.79 Å². The number of halogens is 1. The average Bonchev–Trinajstić information content (AvgIpc) is 3.17. The van der Waals surface area contributed by atoms with Gasteiger partial charge in [0.25, 0.3) is 0 Å². The van der Waals surface area contributed by atoms with Crippen LogP contribution in [0.25, 0.3) is 0 Å². The van der Waals surface area contributed by atoms with E-state index in [9.17, 15) is 4.79 Å². The molecule has 1 aliphatic heterocycles. The summed E-state index contributed by atoms with van der Waals surface area (Å²) in [4.78, 5) is 17.1. The van der Waals surface area contributed by atoms with Crippen molar-refractivity contribution in [3.63, 3.8) is 0 Å². The van der Waals surface area contributed by atoms with Crippen molar-refractivity contribution in [1.29, 1.82) is 0 Å². The largest absolute Gasteiger partial charge is 0.398 e. The van der Waals surface area contributed by atoms with E-state index in [1.54, 1.807) is 0 Å². The number of rotatable bonds is 7. The molecular formula is C23H30ClN3O. The van der Waals surface area contributed by atoms with Crippen molar-refractivity contribution >= 4 is 28.9 Å². The summed E-state index contributed by atoms with van der Waals surface area (Å²) in [6.45, 7) is 6.93. The van der Waals surface area contributed by atoms with Gasteiger partial charge in [0.2, 0.25) is 5.91 Å². The van der Waals surface area contributed by atoms with Gasteiger partial charge in [0, 0.05) is 37.8 Å². The number of likely N-dealkylation sites (tertiary alicyclic amines) is 1. The van der Waals surface area contributed by atoms with Gasteiger partial charge >= 0.3 is 0 Å². The van der Waals surface area contributed by atoms with Gasteiger partial charge in [0.05, 0.1) is 10.7 Å². The zero-order chi connectivity index (χ0) is 20.1. The van der Waals surface area contributed by atoms with Crippen LogP contribution in [-0.4, -0.2) is 36.5 Å². The number of carbonyl (C=O) groups excluding carboxylic acids is 1. The Morgan fingerprint density at radius 3 is 2.68 bits per heavy atom. The zero-order valence-electron chi connectivity index (χ0n) is 16.8. The van der Waals surface area contributed by atoms with Gasteiger partial charge in [-0.2, -0.15) is 0 Å². The first kappa shape index (κ1) is 20.5. The summed E-state index contributed by atoms with van der Waals surface area (Å²) in [6, 6.07) is 16.3. The molecule has 1 aliphatic rings. The average molecular weight is 400 g/mol. The summed E-state index contributed by atoms with van der Waals surface area (Å²) in [7, 11) is 0. The molecule has 1 heterocycles. The summed E-state index contributed by atoms with van der Waals surface area (Å²) in [5.74, 6) is 0.755. The maximum Gasteiger partial charge on any atom is 0.222 e. The number of anilines is 2. The third-order valence-corrected chi connectivity index (χ3v) is 5.63. The Bertz CT molecular complexity index is 794. The number of nitrogens with zero attached hydrogens (tertiary/aromatic N) is 2. The molecule has 1 atom stereocenters. The molecular weight excluding hydrogens is 370 g/mol. The van der Waals surface area contributed by atoms with Crippen LogP contribution < -0.4 is 10.6 Å². The van der Waals surface area contributed by atoms with Crippen LogP contribution in [0.1, 0.15) is 32.3 Å². The van der Waals surface area contributed by atoms with E-state index >= 15 is 0 Å². The minimum Gasteiger partial charge on any atom is -0.398 e. The molecule has 28 heavy (non-hydrogen) atoms. The van der Waals surface area contributed by atoms with Gasteiger partial charge in [-0.25, -0.2) is 0 Å². The molecule has 1 unspecified atom stereocenters. The predicted octanol–water partition coefficient (Wildman–Crippen LogP) is 4.62. The van der Waals surface area contributed by atoms with Crippen LogP contribution in [0, 0.1) is 5.92 Å². The van der Waals surface area contributed by atoms with E-state index in [1.165, 1.54) is 5.56 Å². The molecule has 2 aromatic rings. The van der Waals surface area contributed by atoms with Crippen LogP contribution in [0.3, 0.4) is 0 Å². The number of nitrogen functional groups attached to an aromatic ring is 1. The third kappa shape index (κ3) is 5.20. The van der Waals surface area contributed by atoms with E-state index in [0.717, 1.165) is 38.2 Å². The van der Waals surface area contributed by atoms with Crippen molar-refractivity contribution in [1.82, 2.24) is 4.90 Å². The molecule has 0 aromatic heterocycles. The zero-order valence-corrected chi connectivity index (χ0v) is 17.5. The quantitative estimate of drug-likeness (QED) is 0.691. The van der Waals surface area contributed by atoms with Crippen molar-refractivity contribution in [3.05, 3.63) is 59.1 Å². The summed E-state index contributed by atoms with van der Waals surface area (Å²) in [6.07, 6.45) is 2.34. The summed E-state index contributed by atoms with van der Waals surface area (Å²) in [5.41, 5.74) is 8.77. The van der Waals surface area contributed by atoms with Crippen LogP contribution in [0.2, 0.25) is 5.02 Å². The van der Waals surface area contributed by atoms with E-state index in [2.05, 4.69) is 30.9 Å². The number of nitrogens with two attached hydrogens (primary N) is 1. The number of hydrogen-bond donors (Lipinski definition) is 1. The molecule has 1 fully saturated rings. The predicted molar refractivity (Wildman–Crippen MR) is 118 cm³/mol. The van der Waals surface area contributed by atoms with Crippen molar-refractivity contribution in [2.75, 3.05) is 30.3 Å². The molecule has 0 radical (unpaired) electrons. The third-order valence-electron chi connectivity index (χ3n) is 5.30. The fourth-order valence-corrected chi connectivity index (χ4v) is 4.00. The van der Waals surface area contributed by atoms with Gasteiger partial charge < -0.3 is 15.5 Å². The van der Waals surface area contributed by atoms with Gasteiger partial charge in [-0.1, -0.05) is 55.8 Å². The standard InChI is InChI=1S/C23H30ClN3O/c1-17(2)15-27(19-9-10-22(25)21(24)14-19)20-12-13-26(16-20)23(28)11-8-18-6-4-3-5-7-18/h3-7,9-10,14,17,20H,8,11-13,15-16,25H2,1-2H3. The number of hydrogen-bond acceptors (Lipinski definition) is 3. The topological polar surface area (TPSA) is 49.6 Å². The number of carbonyl (C=O) groups is 1. The first-order valence-electron chi connectivity index (χ1n) is 10.1. The van der Waals surface area contributed by atoms with Crippen LogP contribution in [0.15, 0.2) is 48.5 Å². The molecule has 0 aliphatic carbocycles. The highest BCUT2D eigenvalue weighted by atomic mass is 35.5. The molecule has 1 saturated heterocycles. The molecule has 4 nitrogen and oxygen atoms in total. The Morgan fingerprint density at radius 2 is 2.00 bits per heavy atom. The van der Waals surface area contributed by atoms with Gasteiger partial charge in [-0.15, -0.1) is 0 Å². The molecule has 3 rings (SSSR count). The van der Waals surface area contributed by atoms with Crippen LogP contribution in [0.4, 0.5) is 11.4 Å². The number of benzene rings is 2. The summed E-state index contributed by atoms with van der Waals surface area (Å²) >= 11 is 6.26. The molecule has 0 spiro atoms. The molecule has 5 heteroatoms. The highest BCUT2D eigenvalue weighted by molar-refractivity contribution is 6.33. The minimum atomic E-state index is 0.242. The molecule has 2 aromatic carbocycles. The second-order valence-corrected chi connectivity index (χ2v) is 8.43. The molecule has 150 valence electrons. The Morgan fingerprint density at radius 1 is 1.25 bits per heavy atom. The van der Waals surface area contributed by atoms with Crippen molar-refractivity contribution in [2.24, 2.45) is 5.92 Å². The smallest absolute Gasteiger partial charge is 0.222 e. The SMILES string of the molecule is CC(C)CN(c1ccc(N)c(Cl)c1)C1CCN(C(=O)CCc2ccccc2)C1. The van der Waals surface area contributed by atoms with Crippen molar-refractivity contribution in [3.8, 4) is 0 Å².